The average Bonchev–Trinajstić information content (AvgIpc) is 2.67. The molecular formula is C20H27FN6O. The molecule has 0 radical (unpaired) electrons. The molecule has 0 saturated carbocycles. The van der Waals surface area contributed by atoms with Crippen molar-refractivity contribution in [1.82, 2.24) is 19.8 Å². The number of hydrogen-bond donors (Lipinski definition) is 1. The number of likely N-dealkylation sites (N-methyl/N-ethyl adjacent to an activating group) is 1. The molecule has 1 amide bonds. The van der Waals surface area contributed by atoms with E-state index in [-0.39, 0.29) is 11.7 Å². The van der Waals surface area contributed by atoms with Gasteiger partial charge < -0.3 is 20.0 Å². The Balaban J connectivity index is 1.63. The third-order valence-corrected chi connectivity index (χ3v) is 4.68. The summed E-state index contributed by atoms with van der Waals surface area (Å²) in [6.45, 7) is 5.63. The van der Waals surface area contributed by atoms with Gasteiger partial charge in [0.05, 0.1) is 5.69 Å². The van der Waals surface area contributed by atoms with Gasteiger partial charge in [-0.1, -0.05) is 12.1 Å². The minimum atomic E-state index is -0.234. The van der Waals surface area contributed by atoms with Crippen LogP contribution in [0.1, 0.15) is 16.2 Å². The molecule has 1 aromatic carbocycles. The Kier molecular flexibility index (Phi) is 6.41. The molecule has 1 N–H and O–H groups in total. The van der Waals surface area contributed by atoms with E-state index in [9.17, 15) is 9.18 Å². The fourth-order valence-corrected chi connectivity index (χ4v) is 3.17. The van der Waals surface area contributed by atoms with Crippen LogP contribution in [-0.4, -0.2) is 79.0 Å². The third kappa shape index (κ3) is 4.95. The summed E-state index contributed by atoms with van der Waals surface area (Å²) in [5.41, 5.74) is 1.72. The largest absolute Gasteiger partial charge is 0.366 e. The van der Waals surface area contributed by atoms with Crippen LogP contribution in [-0.2, 0) is 0 Å². The lowest BCUT2D eigenvalue weighted by atomic mass is 10.2. The second-order valence-electron chi connectivity index (χ2n) is 7.18. The summed E-state index contributed by atoms with van der Waals surface area (Å²) in [5, 5.41) is 3.17. The minimum absolute atomic E-state index is 0.116. The Morgan fingerprint density at radius 3 is 2.57 bits per heavy atom. The number of anilines is 2. The predicted molar refractivity (Wildman–Crippen MR) is 108 cm³/mol. The van der Waals surface area contributed by atoms with Crippen molar-refractivity contribution in [1.29, 1.82) is 0 Å². The third-order valence-electron chi connectivity index (χ3n) is 4.68. The number of nitrogens with zero attached hydrogens (tertiary/aromatic N) is 5. The number of benzene rings is 1. The smallest absolute Gasteiger partial charge is 0.272 e. The summed E-state index contributed by atoms with van der Waals surface area (Å²) in [6, 6.07) is 8.45. The van der Waals surface area contributed by atoms with Crippen LogP contribution in [0.15, 0.2) is 30.3 Å². The number of aryl methyl sites for hydroxylation is 1. The molecule has 150 valence electrons. The van der Waals surface area contributed by atoms with Gasteiger partial charge in [-0.2, -0.15) is 0 Å². The van der Waals surface area contributed by atoms with Gasteiger partial charge in [-0.3, -0.25) is 4.79 Å². The SMILES string of the molecule is Cc1cc(C(=O)N2CCN(c3ccccc3F)CC2)nc(NCCN(C)C)n1. The molecule has 7 nitrogen and oxygen atoms in total. The number of amides is 1. The van der Waals surface area contributed by atoms with Gasteiger partial charge >= 0.3 is 0 Å². The Morgan fingerprint density at radius 1 is 1.18 bits per heavy atom. The van der Waals surface area contributed by atoms with E-state index in [1.54, 1.807) is 23.1 Å². The van der Waals surface area contributed by atoms with E-state index in [1.165, 1.54) is 6.07 Å². The van der Waals surface area contributed by atoms with Gasteiger partial charge in [-0.15, -0.1) is 0 Å². The number of halogens is 1. The van der Waals surface area contributed by atoms with Crippen LogP contribution in [0.2, 0.25) is 0 Å². The van der Waals surface area contributed by atoms with Crippen LogP contribution in [0.25, 0.3) is 0 Å². The highest BCUT2D eigenvalue weighted by atomic mass is 19.1. The first kappa shape index (κ1) is 20.0. The number of para-hydroxylation sites is 1. The van der Waals surface area contributed by atoms with Gasteiger partial charge in [-0.05, 0) is 39.2 Å². The van der Waals surface area contributed by atoms with Crippen LogP contribution in [0.5, 0.6) is 0 Å². The van der Waals surface area contributed by atoms with Crippen molar-refractivity contribution >= 4 is 17.5 Å². The molecule has 1 aliphatic heterocycles. The monoisotopic (exact) mass is 386 g/mol. The van der Waals surface area contributed by atoms with E-state index in [4.69, 9.17) is 0 Å². The van der Waals surface area contributed by atoms with E-state index in [0.29, 0.717) is 50.1 Å². The van der Waals surface area contributed by atoms with Crippen LogP contribution in [0.3, 0.4) is 0 Å². The van der Waals surface area contributed by atoms with Gasteiger partial charge in [0.25, 0.3) is 5.91 Å². The standard InChI is InChI=1S/C20H27FN6O/c1-15-14-17(24-20(23-15)22-8-9-25(2)3)19(28)27-12-10-26(11-13-27)18-7-5-4-6-16(18)21/h4-7,14H,8-13H2,1-3H3,(H,22,23,24). The molecule has 0 aliphatic carbocycles. The highest BCUT2D eigenvalue weighted by Gasteiger charge is 2.24. The quantitative estimate of drug-likeness (QED) is 0.818. The van der Waals surface area contributed by atoms with Crippen molar-refractivity contribution in [2.45, 2.75) is 6.92 Å². The molecule has 0 unspecified atom stereocenters. The van der Waals surface area contributed by atoms with Gasteiger partial charge in [0.2, 0.25) is 5.95 Å². The molecule has 0 spiro atoms. The molecule has 8 heteroatoms. The lowest BCUT2D eigenvalue weighted by Crippen LogP contribution is -2.49. The topological polar surface area (TPSA) is 64.6 Å². The molecule has 1 aliphatic rings. The molecule has 1 saturated heterocycles. The Morgan fingerprint density at radius 2 is 1.89 bits per heavy atom. The first-order chi connectivity index (χ1) is 13.4. The van der Waals surface area contributed by atoms with Crippen LogP contribution in [0, 0.1) is 12.7 Å². The van der Waals surface area contributed by atoms with Crippen molar-refractivity contribution in [2.24, 2.45) is 0 Å². The van der Waals surface area contributed by atoms with E-state index >= 15 is 0 Å². The molecule has 0 bridgehead atoms. The Labute approximate surface area is 165 Å². The van der Waals surface area contributed by atoms with Crippen LogP contribution in [0.4, 0.5) is 16.0 Å². The summed E-state index contributed by atoms with van der Waals surface area (Å²) in [6.07, 6.45) is 0. The van der Waals surface area contributed by atoms with Crippen molar-refractivity contribution in [2.75, 3.05) is 63.6 Å². The van der Waals surface area contributed by atoms with Crippen molar-refractivity contribution in [3.8, 4) is 0 Å². The highest BCUT2D eigenvalue weighted by molar-refractivity contribution is 5.92. The first-order valence-electron chi connectivity index (χ1n) is 9.47. The zero-order valence-corrected chi connectivity index (χ0v) is 16.7. The summed E-state index contributed by atoms with van der Waals surface area (Å²) in [7, 11) is 3.99. The number of carbonyl (C=O) groups excluding carboxylic acids is 1. The lowest BCUT2D eigenvalue weighted by molar-refractivity contribution is 0.0740. The summed E-state index contributed by atoms with van der Waals surface area (Å²) in [4.78, 5) is 27.4. The fourth-order valence-electron chi connectivity index (χ4n) is 3.17. The number of nitrogens with one attached hydrogen (secondary N) is 1. The molecule has 3 rings (SSSR count). The van der Waals surface area contributed by atoms with Crippen molar-refractivity contribution < 1.29 is 9.18 Å². The summed E-state index contributed by atoms with van der Waals surface area (Å²) >= 11 is 0. The van der Waals surface area contributed by atoms with Gasteiger partial charge in [-0.25, -0.2) is 14.4 Å². The van der Waals surface area contributed by atoms with Gasteiger partial charge in [0, 0.05) is 45.0 Å². The summed E-state index contributed by atoms with van der Waals surface area (Å²) < 4.78 is 14.0. The number of hydrogen-bond acceptors (Lipinski definition) is 6. The van der Waals surface area contributed by atoms with E-state index in [2.05, 4.69) is 20.2 Å². The zero-order chi connectivity index (χ0) is 20.1. The fraction of sp³-hybridized carbons (Fsp3) is 0.450. The normalized spacial score (nSPS) is 14.5. The molecule has 0 atom stereocenters. The Hall–Kier alpha value is -2.74. The average molecular weight is 386 g/mol. The van der Waals surface area contributed by atoms with E-state index < -0.39 is 0 Å². The van der Waals surface area contributed by atoms with Crippen LogP contribution >= 0.6 is 0 Å². The molecule has 28 heavy (non-hydrogen) atoms. The number of rotatable bonds is 6. The second kappa shape index (κ2) is 8.97. The second-order valence-corrected chi connectivity index (χ2v) is 7.18. The maximum absolute atomic E-state index is 14.0. The molecule has 1 fully saturated rings. The van der Waals surface area contributed by atoms with Crippen LogP contribution < -0.4 is 10.2 Å². The van der Waals surface area contributed by atoms with Gasteiger partial charge in [0.1, 0.15) is 11.5 Å². The lowest BCUT2D eigenvalue weighted by Gasteiger charge is -2.36. The minimum Gasteiger partial charge on any atom is -0.366 e. The Bertz CT molecular complexity index is 820. The highest BCUT2D eigenvalue weighted by Crippen LogP contribution is 2.20. The molecular weight excluding hydrogens is 359 g/mol. The molecule has 2 aromatic rings. The van der Waals surface area contributed by atoms with Crippen molar-refractivity contribution in [3.63, 3.8) is 0 Å². The molecule has 1 aromatic heterocycles. The van der Waals surface area contributed by atoms with E-state index in [1.807, 2.05) is 32.0 Å². The number of piperazine rings is 1. The summed E-state index contributed by atoms with van der Waals surface area (Å²) in [5.74, 6) is 0.117. The van der Waals surface area contributed by atoms with E-state index in [0.717, 1.165) is 12.2 Å². The molecule has 2 heterocycles. The maximum Gasteiger partial charge on any atom is 0.272 e. The maximum atomic E-state index is 14.0. The number of aromatic nitrogens is 2. The predicted octanol–water partition coefficient (Wildman–Crippen LogP) is 1.86. The first-order valence-corrected chi connectivity index (χ1v) is 9.47. The van der Waals surface area contributed by atoms with Gasteiger partial charge in [0.15, 0.2) is 0 Å². The zero-order valence-electron chi connectivity index (χ0n) is 16.7. The number of carbonyl (C=O) groups is 1. The van der Waals surface area contributed by atoms with Crippen molar-refractivity contribution in [3.05, 3.63) is 47.5 Å².